The van der Waals surface area contributed by atoms with Gasteiger partial charge in [0.25, 0.3) is 5.91 Å². The zero-order valence-corrected chi connectivity index (χ0v) is 18.9. The molecule has 0 radical (unpaired) electrons. The van der Waals surface area contributed by atoms with Gasteiger partial charge in [-0.25, -0.2) is 4.99 Å². The van der Waals surface area contributed by atoms with Gasteiger partial charge < -0.3 is 19.4 Å². The second kappa shape index (κ2) is 9.36. The Morgan fingerprint density at radius 1 is 1.30 bits per heavy atom. The fourth-order valence-electron chi connectivity index (χ4n) is 2.70. The highest BCUT2D eigenvalue weighted by Crippen LogP contribution is 2.38. The van der Waals surface area contributed by atoms with Crippen molar-refractivity contribution >= 4 is 56.5 Å². The van der Waals surface area contributed by atoms with E-state index in [4.69, 9.17) is 9.47 Å². The van der Waals surface area contributed by atoms with E-state index in [9.17, 15) is 14.7 Å². The van der Waals surface area contributed by atoms with Crippen LogP contribution in [-0.2, 0) is 4.79 Å². The Labute approximate surface area is 186 Å². The number of amidine groups is 1. The van der Waals surface area contributed by atoms with Crippen molar-refractivity contribution in [3.63, 3.8) is 0 Å². The van der Waals surface area contributed by atoms with Gasteiger partial charge in [0.15, 0.2) is 16.7 Å². The predicted molar refractivity (Wildman–Crippen MR) is 118 cm³/mol. The maximum absolute atomic E-state index is 12.7. The molecule has 3 rings (SSSR count). The van der Waals surface area contributed by atoms with Crippen molar-refractivity contribution in [2.24, 2.45) is 4.99 Å². The molecule has 0 spiro atoms. The Balaban J connectivity index is 1.94. The van der Waals surface area contributed by atoms with E-state index in [0.717, 1.165) is 10.0 Å². The first-order chi connectivity index (χ1) is 14.3. The van der Waals surface area contributed by atoms with E-state index < -0.39 is 5.97 Å². The molecular formula is C21H18BrN2O5S-. The van der Waals surface area contributed by atoms with Crippen molar-refractivity contribution in [2.75, 3.05) is 20.8 Å². The van der Waals surface area contributed by atoms with E-state index in [1.807, 2.05) is 6.92 Å². The fourth-order valence-corrected chi connectivity index (χ4v) is 4.11. The van der Waals surface area contributed by atoms with Crippen LogP contribution < -0.4 is 14.6 Å². The van der Waals surface area contributed by atoms with Crippen molar-refractivity contribution in [1.29, 1.82) is 0 Å². The Hall–Kier alpha value is -2.78. The van der Waals surface area contributed by atoms with Gasteiger partial charge in [0.05, 0.1) is 30.3 Å². The number of amides is 1. The molecule has 1 saturated heterocycles. The lowest BCUT2D eigenvalue weighted by Gasteiger charge is -2.11. The number of thioether (sulfide) groups is 1. The number of carboxylic acid groups (broad SMARTS) is 1. The largest absolute Gasteiger partial charge is 0.545 e. The number of benzene rings is 2. The third-order valence-corrected chi connectivity index (χ3v) is 5.93. The number of halogens is 1. The van der Waals surface area contributed by atoms with Gasteiger partial charge in [-0.15, -0.1) is 0 Å². The van der Waals surface area contributed by atoms with Crippen molar-refractivity contribution in [1.82, 2.24) is 4.90 Å². The van der Waals surface area contributed by atoms with Gasteiger partial charge >= 0.3 is 0 Å². The van der Waals surface area contributed by atoms with Gasteiger partial charge in [0.2, 0.25) is 0 Å². The molecule has 0 aliphatic carbocycles. The first-order valence-corrected chi connectivity index (χ1v) is 10.5. The maximum Gasteiger partial charge on any atom is 0.266 e. The standard InChI is InChI=1S/C21H19BrN2O5S/c1-4-29-17-9-13(15(22)11-16(17)28-3)10-18-19(25)24(2)21(30-18)23-14-7-5-6-12(8-14)20(26)27/h5-11H,4H2,1-3H3,(H,26,27)/p-1/b18-10-,23-21?. The third-order valence-electron chi connectivity index (χ3n) is 4.18. The smallest absolute Gasteiger partial charge is 0.266 e. The van der Waals surface area contributed by atoms with Crippen LogP contribution in [0.5, 0.6) is 11.5 Å². The second-order valence-corrected chi connectivity index (χ2v) is 8.03. The minimum atomic E-state index is -1.28. The van der Waals surface area contributed by atoms with E-state index in [0.29, 0.717) is 33.9 Å². The number of likely N-dealkylation sites (N-methyl/N-ethyl adjacent to an activating group) is 1. The zero-order chi connectivity index (χ0) is 21.8. The molecular weight excluding hydrogens is 472 g/mol. The van der Waals surface area contributed by atoms with Crippen molar-refractivity contribution in [3.05, 3.63) is 56.9 Å². The Morgan fingerprint density at radius 2 is 2.07 bits per heavy atom. The molecule has 0 bridgehead atoms. The number of methoxy groups -OCH3 is 1. The quantitative estimate of drug-likeness (QED) is 0.577. The van der Waals surface area contributed by atoms with E-state index in [-0.39, 0.29) is 11.5 Å². The molecule has 1 aliphatic rings. The van der Waals surface area contributed by atoms with Crippen molar-refractivity contribution in [2.45, 2.75) is 6.92 Å². The number of nitrogens with zero attached hydrogens (tertiary/aromatic N) is 2. The van der Waals surface area contributed by atoms with E-state index >= 15 is 0 Å². The molecule has 2 aromatic carbocycles. The predicted octanol–water partition coefficient (Wildman–Crippen LogP) is 3.45. The van der Waals surface area contributed by atoms with Crippen LogP contribution in [0, 0.1) is 0 Å². The average molecular weight is 490 g/mol. The summed E-state index contributed by atoms with van der Waals surface area (Å²) in [5, 5.41) is 11.5. The molecule has 7 nitrogen and oxygen atoms in total. The molecule has 1 heterocycles. The number of carboxylic acids is 1. The minimum absolute atomic E-state index is 0.0233. The molecule has 0 aromatic heterocycles. The lowest BCUT2D eigenvalue weighted by molar-refractivity contribution is -0.255. The topological polar surface area (TPSA) is 91.3 Å². The summed E-state index contributed by atoms with van der Waals surface area (Å²) >= 11 is 4.70. The molecule has 0 atom stereocenters. The number of carbonyl (C=O) groups is 2. The molecule has 156 valence electrons. The van der Waals surface area contributed by atoms with Crippen LogP contribution in [0.3, 0.4) is 0 Å². The number of aromatic carboxylic acids is 1. The highest BCUT2D eigenvalue weighted by molar-refractivity contribution is 9.10. The summed E-state index contributed by atoms with van der Waals surface area (Å²) in [5.74, 6) is -0.332. The summed E-state index contributed by atoms with van der Waals surface area (Å²) in [5.41, 5.74) is 1.20. The number of hydrogen-bond acceptors (Lipinski definition) is 7. The maximum atomic E-state index is 12.7. The van der Waals surface area contributed by atoms with Crippen LogP contribution in [-0.4, -0.2) is 42.7 Å². The Bertz CT molecular complexity index is 1070. The van der Waals surface area contributed by atoms with Gasteiger partial charge in [-0.2, -0.15) is 0 Å². The van der Waals surface area contributed by atoms with Crippen LogP contribution in [0.1, 0.15) is 22.8 Å². The summed E-state index contributed by atoms with van der Waals surface area (Å²) in [7, 11) is 3.18. The molecule has 0 unspecified atom stereocenters. The number of ether oxygens (including phenoxy) is 2. The first-order valence-electron chi connectivity index (χ1n) is 8.92. The number of aliphatic imine (C=N–C) groups is 1. The van der Waals surface area contributed by atoms with Crippen LogP contribution >= 0.6 is 27.7 Å². The SMILES string of the molecule is CCOc1cc(/C=C2\SC(=Nc3cccc(C(=O)[O-])c3)N(C)C2=O)c(Br)cc1OC. The van der Waals surface area contributed by atoms with E-state index in [1.165, 1.54) is 28.8 Å². The van der Waals surface area contributed by atoms with E-state index in [2.05, 4.69) is 20.9 Å². The van der Waals surface area contributed by atoms with Crippen LogP contribution in [0.4, 0.5) is 5.69 Å². The summed E-state index contributed by atoms with van der Waals surface area (Å²) in [4.78, 5) is 30.1. The van der Waals surface area contributed by atoms with Gasteiger partial charge in [-0.05, 0) is 60.2 Å². The summed E-state index contributed by atoms with van der Waals surface area (Å²) in [6.45, 7) is 2.36. The minimum Gasteiger partial charge on any atom is -0.545 e. The second-order valence-electron chi connectivity index (χ2n) is 6.16. The molecule has 2 aromatic rings. The molecule has 1 aliphatic heterocycles. The average Bonchev–Trinajstić information content (AvgIpc) is 2.98. The van der Waals surface area contributed by atoms with Gasteiger partial charge in [-0.1, -0.05) is 28.1 Å². The van der Waals surface area contributed by atoms with Gasteiger partial charge in [0.1, 0.15) is 0 Å². The highest BCUT2D eigenvalue weighted by atomic mass is 79.9. The first kappa shape index (κ1) is 21.9. The van der Waals surface area contributed by atoms with Crippen LogP contribution in [0.25, 0.3) is 6.08 Å². The summed E-state index contributed by atoms with van der Waals surface area (Å²) in [6.07, 6.45) is 1.75. The zero-order valence-electron chi connectivity index (χ0n) is 16.5. The Morgan fingerprint density at radius 3 is 2.73 bits per heavy atom. The van der Waals surface area contributed by atoms with Crippen LogP contribution in [0.2, 0.25) is 0 Å². The van der Waals surface area contributed by atoms with Crippen LogP contribution in [0.15, 0.2) is 50.8 Å². The van der Waals surface area contributed by atoms with Gasteiger partial charge in [0, 0.05) is 11.5 Å². The van der Waals surface area contributed by atoms with Crippen molar-refractivity contribution < 1.29 is 24.2 Å². The summed E-state index contributed by atoms with van der Waals surface area (Å²) < 4.78 is 11.7. The molecule has 1 amide bonds. The van der Waals surface area contributed by atoms with Crippen molar-refractivity contribution in [3.8, 4) is 11.5 Å². The lowest BCUT2D eigenvalue weighted by atomic mass is 10.2. The number of rotatable bonds is 6. The molecule has 30 heavy (non-hydrogen) atoms. The monoisotopic (exact) mass is 489 g/mol. The fraction of sp³-hybridized carbons (Fsp3) is 0.190. The normalized spacial score (nSPS) is 16.4. The van der Waals surface area contributed by atoms with Gasteiger partial charge in [-0.3, -0.25) is 9.69 Å². The molecule has 9 heteroatoms. The Kier molecular flexibility index (Phi) is 6.84. The number of hydrogen-bond donors (Lipinski definition) is 0. The number of carbonyl (C=O) groups excluding carboxylic acids is 2. The molecule has 1 fully saturated rings. The third kappa shape index (κ3) is 4.68. The molecule has 0 saturated carbocycles. The summed E-state index contributed by atoms with van der Waals surface area (Å²) in [6, 6.07) is 9.65. The van der Waals surface area contributed by atoms with E-state index in [1.54, 1.807) is 44.5 Å². The molecule has 0 N–H and O–H groups in total. The lowest BCUT2D eigenvalue weighted by Crippen LogP contribution is -2.23. The highest BCUT2D eigenvalue weighted by Gasteiger charge is 2.30.